The molecule has 0 radical (unpaired) electrons. The van der Waals surface area contributed by atoms with Gasteiger partial charge in [-0.3, -0.25) is 4.79 Å². The van der Waals surface area contributed by atoms with Crippen molar-refractivity contribution in [1.82, 2.24) is 0 Å². The summed E-state index contributed by atoms with van der Waals surface area (Å²) < 4.78 is 36.8. The molecule has 0 unspecified atom stereocenters. The molecule has 7 nitrogen and oxygen atoms in total. The lowest BCUT2D eigenvalue weighted by Gasteiger charge is -2.15. The minimum Gasteiger partial charge on any atom is -0.490 e. The van der Waals surface area contributed by atoms with E-state index in [9.17, 15) is 18.5 Å². The van der Waals surface area contributed by atoms with Crippen LogP contribution >= 0.6 is 15.9 Å². The highest BCUT2D eigenvalue weighted by Crippen LogP contribution is 2.39. The molecule has 1 N–H and O–H groups in total. The average Bonchev–Trinajstić information content (AvgIpc) is 2.80. The van der Waals surface area contributed by atoms with Crippen LogP contribution in [-0.4, -0.2) is 20.9 Å². The normalized spacial score (nSPS) is 11.4. The van der Waals surface area contributed by atoms with Crippen molar-refractivity contribution in [3.63, 3.8) is 0 Å². The molecule has 3 aromatic rings. The monoisotopic (exact) mass is 540 g/mol. The van der Waals surface area contributed by atoms with E-state index >= 15 is 0 Å². The molecule has 3 aromatic carbocycles. The van der Waals surface area contributed by atoms with Crippen LogP contribution in [0.5, 0.6) is 11.5 Å². The Bertz CT molecular complexity index is 1360. The fourth-order valence-electron chi connectivity index (χ4n) is 2.91. The van der Waals surface area contributed by atoms with Crippen LogP contribution in [0.4, 0.5) is 5.69 Å². The number of halogens is 1. The Hall–Kier alpha value is -3.61. The van der Waals surface area contributed by atoms with Crippen LogP contribution in [0, 0.1) is 18.3 Å². The summed E-state index contributed by atoms with van der Waals surface area (Å²) in [6.07, 6.45) is 1.38. The lowest BCUT2D eigenvalue weighted by Crippen LogP contribution is -2.13. The fraction of sp³-hybridized carbons (Fsp3) is 0.120. The first-order valence-corrected chi connectivity index (χ1v) is 12.4. The topological polar surface area (TPSA) is 105 Å². The minimum atomic E-state index is -4.12. The Labute approximate surface area is 206 Å². The number of nitrogens with zero attached hydrogens (tertiary/aromatic N) is 1. The molecule has 0 bridgehead atoms. The molecule has 0 spiro atoms. The Kier molecular flexibility index (Phi) is 8.10. The summed E-state index contributed by atoms with van der Waals surface area (Å²) in [4.78, 5) is 12.5. The largest absolute Gasteiger partial charge is 0.490 e. The maximum Gasteiger partial charge on any atom is 0.339 e. The second-order valence-electron chi connectivity index (χ2n) is 7.10. The number of benzene rings is 3. The van der Waals surface area contributed by atoms with E-state index in [4.69, 9.17) is 8.92 Å². The van der Waals surface area contributed by atoms with Gasteiger partial charge < -0.3 is 14.2 Å². The summed E-state index contributed by atoms with van der Waals surface area (Å²) in [5.74, 6) is -0.476. The summed E-state index contributed by atoms with van der Waals surface area (Å²) in [5, 5.41) is 12.2. The van der Waals surface area contributed by atoms with E-state index in [1.54, 1.807) is 43.3 Å². The lowest BCUT2D eigenvalue weighted by atomic mass is 10.1. The number of nitriles is 1. The molecular formula is C25H21BrN2O5S. The third-order valence-corrected chi connectivity index (χ3v) is 6.37. The van der Waals surface area contributed by atoms with E-state index < -0.39 is 16.0 Å². The number of amides is 1. The van der Waals surface area contributed by atoms with Gasteiger partial charge in [-0.05, 0) is 77.8 Å². The van der Waals surface area contributed by atoms with E-state index in [0.717, 1.165) is 5.56 Å². The van der Waals surface area contributed by atoms with Crippen LogP contribution < -0.4 is 14.2 Å². The van der Waals surface area contributed by atoms with Gasteiger partial charge in [-0.15, -0.1) is 0 Å². The Morgan fingerprint density at radius 2 is 1.79 bits per heavy atom. The van der Waals surface area contributed by atoms with E-state index in [0.29, 0.717) is 11.3 Å². The van der Waals surface area contributed by atoms with E-state index in [1.165, 1.54) is 30.3 Å². The molecule has 0 saturated heterocycles. The van der Waals surface area contributed by atoms with E-state index in [1.807, 2.05) is 19.1 Å². The Balaban J connectivity index is 1.94. The number of aryl methyl sites for hydroxylation is 1. The van der Waals surface area contributed by atoms with Crippen molar-refractivity contribution in [3.05, 3.63) is 87.9 Å². The van der Waals surface area contributed by atoms with Crippen molar-refractivity contribution in [2.24, 2.45) is 0 Å². The molecule has 9 heteroatoms. The molecule has 0 aliphatic heterocycles. The zero-order chi connectivity index (χ0) is 24.7. The first-order valence-electron chi connectivity index (χ1n) is 10.2. The van der Waals surface area contributed by atoms with Gasteiger partial charge in [-0.1, -0.05) is 35.9 Å². The number of nitrogens with one attached hydrogen (secondary N) is 1. The number of carbonyl (C=O) groups is 1. The Morgan fingerprint density at radius 1 is 1.12 bits per heavy atom. The molecule has 0 aromatic heterocycles. The molecular weight excluding hydrogens is 520 g/mol. The van der Waals surface area contributed by atoms with Crippen LogP contribution in [-0.2, 0) is 14.9 Å². The van der Waals surface area contributed by atoms with Crippen LogP contribution in [0.2, 0.25) is 0 Å². The van der Waals surface area contributed by atoms with E-state index in [-0.39, 0.29) is 33.0 Å². The maximum absolute atomic E-state index is 12.8. The number of hydrogen-bond donors (Lipinski definition) is 1. The highest BCUT2D eigenvalue weighted by molar-refractivity contribution is 9.10. The molecule has 3 rings (SSSR count). The molecule has 0 heterocycles. The van der Waals surface area contributed by atoms with Gasteiger partial charge in [-0.2, -0.15) is 13.7 Å². The van der Waals surface area contributed by atoms with Crippen molar-refractivity contribution < 1.29 is 22.1 Å². The number of para-hydroxylation sites is 1. The second kappa shape index (κ2) is 11.0. The summed E-state index contributed by atoms with van der Waals surface area (Å²) >= 11 is 3.33. The quantitative estimate of drug-likeness (QED) is 0.230. The molecule has 174 valence electrons. The minimum absolute atomic E-state index is 0.000714. The number of carbonyl (C=O) groups excluding carboxylic acids is 1. The SMILES string of the molecule is CCOc1cc(/C=C(\C#N)C(=O)Nc2ccccc2)cc(Br)c1OS(=O)(=O)c1ccc(C)cc1. The number of anilines is 1. The maximum atomic E-state index is 12.8. The summed E-state index contributed by atoms with van der Waals surface area (Å²) in [7, 11) is -4.12. The second-order valence-corrected chi connectivity index (χ2v) is 9.50. The molecule has 1 amide bonds. The van der Waals surface area contributed by atoms with Crippen LogP contribution in [0.25, 0.3) is 6.08 Å². The third-order valence-electron chi connectivity index (χ3n) is 4.54. The third kappa shape index (κ3) is 6.25. The molecule has 0 atom stereocenters. The van der Waals surface area contributed by atoms with Gasteiger partial charge in [0.25, 0.3) is 5.91 Å². The van der Waals surface area contributed by atoms with Crippen molar-refractivity contribution in [2.45, 2.75) is 18.7 Å². The van der Waals surface area contributed by atoms with Crippen molar-refractivity contribution in [3.8, 4) is 17.6 Å². The zero-order valence-corrected chi connectivity index (χ0v) is 20.8. The smallest absolute Gasteiger partial charge is 0.339 e. The fourth-order valence-corrected chi connectivity index (χ4v) is 4.52. The summed E-state index contributed by atoms with van der Waals surface area (Å²) in [6.45, 7) is 3.83. The van der Waals surface area contributed by atoms with Gasteiger partial charge in [-0.25, -0.2) is 0 Å². The number of hydrogen-bond acceptors (Lipinski definition) is 6. The number of rotatable bonds is 8. The summed E-state index contributed by atoms with van der Waals surface area (Å²) in [5.41, 5.74) is 1.76. The van der Waals surface area contributed by atoms with Gasteiger partial charge in [0.05, 0.1) is 11.1 Å². The molecule has 0 aliphatic carbocycles. The average molecular weight is 541 g/mol. The van der Waals surface area contributed by atoms with Gasteiger partial charge in [0.2, 0.25) is 0 Å². The molecule has 0 aliphatic rings. The van der Waals surface area contributed by atoms with Gasteiger partial charge in [0.1, 0.15) is 16.5 Å². The van der Waals surface area contributed by atoms with Gasteiger partial charge in [0, 0.05) is 5.69 Å². The number of ether oxygens (including phenoxy) is 1. The standard InChI is InChI=1S/C25H21BrN2O5S/c1-3-32-23-15-18(13-19(16-27)25(29)28-20-7-5-4-6-8-20)14-22(26)24(23)33-34(30,31)21-11-9-17(2)10-12-21/h4-15H,3H2,1-2H3,(H,28,29)/b19-13+. The first kappa shape index (κ1) is 25.0. The molecule has 0 saturated carbocycles. The van der Waals surface area contributed by atoms with E-state index in [2.05, 4.69) is 21.2 Å². The highest BCUT2D eigenvalue weighted by Gasteiger charge is 2.22. The zero-order valence-electron chi connectivity index (χ0n) is 18.4. The highest BCUT2D eigenvalue weighted by atomic mass is 79.9. The van der Waals surface area contributed by atoms with Crippen molar-refractivity contribution in [1.29, 1.82) is 5.26 Å². The van der Waals surface area contributed by atoms with Crippen LogP contribution in [0.3, 0.4) is 0 Å². The van der Waals surface area contributed by atoms with Crippen molar-refractivity contribution in [2.75, 3.05) is 11.9 Å². The molecule has 34 heavy (non-hydrogen) atoms. The predicted octanol–water partition coefficient (Wildman–Crippen LogP) is 5.47. The molecule has 0 fully saturated rings. The van der Waals surface area contributed by atoms with Gasteiger partial charge in [0.15, 0.2) is 11.5 Å². The van der Waals surface area contributed by atoms with Crippen LogP contribution in [0.1, 0.15) is 18.1 Å². The lowest BCUT2D eigenvalue weighted by molar-refractivity contribution is -0.112. The Morgan fingerprint density at radius 3 is 2.41 bits per heavy atom. The summed E-state index contributed by atoms with van der Waals surface area (Å²) in [6, 6.07) is 19.9. The van der Waals surface area contributed by atoms with Crippen LogP contribution in [0.15, 0.2) is 81.7 Å². The predicted molar refractivity (Wildman–Crippen MR) is 133 cm³/mol. The first-order chi connectivity index (χ1) is 16.2. The van der Waals surface area contributed by atoms with Crippen molar-refractivity contribution >= 4 is 43.7 Å². The van der Waals surface area contributed by atoms with Gasteiger partial charge >= 0.3 is 10.1 Å².